The van der Waals surface area contributed by atoms with Crippen molar-refractivity contribution < 1.29 is 0 Å². The van der Waals surface area contributed by atoms with Gasteiger partial charge in [-0.1, -0.05) is 0 Å². The lowest BCUT2D eigenvalue weighted by atomic mass is 10.1. The summed E-state index contributed by atoms with van der Waals surface area (Å²) in [6, 6.07) is -0.0555. The molecule has 2 aromatic heterocycles. The Labute approximate surface area is 117 Å². The van der Waals surface area contributed by atoms with Crippen molar-refractivity contribution >= 4 is 0 Å². The Bertz CT molecular complexity index is 645. The number of rotatable bonds is 5. The van der Waals surface area contributed by atoms with Crippen LogP contribution in [0.4, 0.5) is 0 Å². The number of hydrogen-bond acceptors (Lipinski definition) is 5. The average Bonchev–Trinajstić information content (AvgIpc) is 2.74. The second kappa shape index (κ2) is 5.96. The molecule has 2 N–H and O–H groups in total. The first-order chi connectivity index (χ1) is 9.49. The maximum atomic E-state index is 12.0. The van der Waals surface area contributed by atoms with Crippen LogP contribution in [-0.2, 0) is 13.5 Å². The van der Waals surface area contributed by atoms with E-state index < -0.39 is 0 Å². The fraction of sp³-hybridized carbons (Fsp3) is 0.538. The first-order valence-electron chi connectivity index (χ1n) is 6.62. The standard InChI is InChI=1S/C13H20N6O/c1-8(12-9(2)16-10(3)17-13(12)20)14-6-5-11-18-15-7-19(11)4/h7-8,14H,5-6H2,1-4H3,(H,16,17,20). The largest absolute Gasteiger partial charge is 0.321 e. The number of nitrogens with one attached hydrogen (secondary N) is 2. The lowest BCUT2D eigenvalue weighted by molar-refractivity contribution is 0.554. The first-order valence-corrected chi connectivity index (χ1v) is 6.62. The molecule has 0 fully saturated rings. The maximum absolute atomic E-state index is 12.0. The lowest BCUT2D eigenvalue weighted by Gasteiger charge is -2.15. The van der Waals surface area contributed by atoms with Gasteiger partial charge in [0.1, 0.15) is 18.0 Å². The minimum absolute atomic E-state index is 0.0555. The van der Waals surface area contributed by atoms with E-state index >= 15 is 0 Å². The summed E-state index contributed by atoms with van der Waals surface area (Å²) in [4.78, 5) is 19.0. The van der Waals surface area contributed by atoms with Gasteiger partial charge in [-0.05, 0) is 20.8 Å². The monoisotopic (exact) mass is 276 g/mol. The minimum Gasteiger partial charge on any atom is -0.321 e. The summed E-state index contributed by atoms with van der Waals surface area (Å²) in [6.45, 7) is 6.33. The van der Waals surface area contributed by atoms with Gasteiger partial charge in [-0.25, -0.2) is 4.98 Å². The molecule has 0 amide bonds. The zero-order valence-corrected chi connectivity index (χ0v) is 12.3. The van der Waals surface area contributed by atoms with E-state index in [4.69, 9.17) is 0 Å². The van der Waals surface area contributed by atoms with Crippen molar-refractivity contribution in [3.05, 3.63) is 39.6 Å². The van der Waals surface area contributed by atoms with E-state index in [1.54, 1.807) is 13.3 Å². The topological polar surface area (TPSA) is 88.5 Å². The molecule has 0 aliphatic heterocycles. The van der Waals surface area contributed by atoms with Crippen LogP contribution < -0.4 is 10.9 Å². The van der Waals surface area contributed by atoms with Gasteiger partial charge in [0.2, 0.25) is 0 Å². The highest BCUT2D eigenvalue weighted by Gasteiger charge is 2.14. The molecule has 2 rings (SSSR count). The van der Waals surface area contributed by atoms with Crippen LogP contribution >= 0.6 is 0 Å². The number of nitrogens with zero attached hydrogens (tertiary/aromatic N) is 4. The Morgan fingerprint density at radius 3 is 2.80 bits per heavy atom. The molecule has 7 heteroatoms. The highest BCUT2D eigenvalue weighted by molar-refractivity contribution is 5.19. The van der Waals surface area contributed by atoms with Gasteiger partial charge in [-0.2, -0.15) is 0 Å². The Balaban J connectivity index is 2.01. The smallest absolute Gasteiger partial charge is 0.255 e. The molecule has 0 spiro atoms. The molecule has 1 unspecified atom stereocenters. The minimum atomic E-state index is -0.0753. The van der Waals surface area contributed by atoms with Crippen molar-refractivity contribution in [2.45, 2.75) is 33.2 Å². The third-order valence-corrected chi connectivity index (χ3v) is 3.30. The molecule has 0 saturated heterocycles. The molecular formula is C13H20N6O. The molecule has 0 saturated carbocycles. The van der Waals surface area contributed by atoms with Crippen molar-refractivity contribution in [2.75, 3.05) is 6.54 Å². The zero-order valence-electron chi connectivity index (χ0n) is 12.3. The molecule has 0 aliphatic carbocycles. The summed E-state index contributed by atoms with van der Waals surface area (Å²) in [6.07, 6.45) is 2.44. The predicted octanol–water partition coefficient (Wildman–Crippen LogP) is 0.409. The summed E-state index contributed by atoms with van der Waals surface area (Å²) >= 11 is 0. The van der Waals surface area contributed by atoms with Gasteiger partial charge >= 0.3 is 0 Å². The van der Waals surface area contributed by atoms with E-state index in [0.29, 0.717) is 11.4 Å². The predicted molar refractivity (Wildman–Crippen MR) is 75.5 cm³/mol. The quantitative estimate of drug-likeness (QED) is 0.825. The van der Waals surface area contributed by atoms with Crippen molar-refractivity contribution in [3.8, 4) is 0 Å². The van der Waals surface area contributed by atoms with Crippen molar-refractivity contribution in [3.63, 3.8) is 0 Å². The molecule has 108 valence electrons. The van der Waals surface area contributed by atoms with Gasteiger partial charge < -0.3 is 14.9 Å². The van der Waals surface area contributed by atoms with Gasteiger partial charge in [0, 0.05) is 31.7 Å². The SMILES string of the molecule is Cc1nc(C)c(C(C)NCCc2nncn2C)c(=O)[nH]1. The van der Waals surface area contributed by atoms with Crippen LogP contribution in [0.1, 0.15) is 35.9 Å². The Hall–Kier alpha value is -2.02. The van der Waals surface area contributed by atoms with Crippen LogP contribution in [0, 0.1) is 13.8 Å². The Morgan fingerprint density at radius 1 is 1.45 bits per heavy atom. The van der Waals surface area contributed by atoms with Crippen molar-refractivity contribution in [1.82, 2.24) is 30.0 Å². The summed E-state index contributed by atoms with van der Waals surface area (Å²) in [5, 5.41) is 11.2. The molecular weight excluding hydrogens is 256 g/mol. The second-order valence-electron chi connectivity index (χ2n) is 4.93. The third kappa shape index (κ3) is 3.11. The average molecular weight is 276 g/mol. The molecule has 7 nitrogen and oxygen atoms in total. The summed E-state index contributed by atoms with van der Waals surface area (Å²) in [5.74, 6) is 1.56. The van der Waals surface area contributed by atoms with Gasteiger partial charge in [0.25, 0.3) is 5.56 Å². The fourth-order valence-corrected chi connectivity index (χ4v) is 2.28. The van der Waals surface area contributed by atoms with E-state index in [9.17, 15) is 4.79 Å². The Morgan fingerprint density at radius 2 is 2.20 bits per heavy atom. The molecule has 0 aliphatic rings. The van der Waals surface area contributed by atoms with E-state index in [-0.39, 0.29) is 11.6 Å². The normalized spacial score (nSPS) is 12.6. The first kappa shape index (κ1) is 14.4. The number of hydrogen-bond donors (Lipinski definition) is 2. The summed E-state index contributed by atoms with van der Waals surface area (Å²) in [5.41, 5.74) is 1.38. The second-order valence-corrected chi connectivity index (χ2v) is 4.93. The number of aryl methyl sites for hydroxylation is 3. The maximum Gasteiger partial charge on any atom is 0.255 e. The fourth-order valence-electron chi connectivity index (χ4n) is 2.28. The Kier molecular flexibility index (Phi) is 4.29. The highest BCUT2D eigenvalue weighted by Crippen LogP contribution is 2.10. The molecule has 0 bridgehead atoms. The molecule has 0 aromatic carbocycles. The van der Waals surface area contributed by atoms with E-state index in [0.717, 1.165) is 24.5 Å². The number of H-pyrrole nitrogens is 1. The molecule has 1 atom stereocenters. The number of aromatic amines is 1. The van der Waals surface area contributed by atoms with E-state index in [1.807, 2.05) is 25.5 Å². The molecule has 2 aromatic rings. The van der Waals surface area contributed by atoms with Crippen molar-refractivity contribution in [1.29, 1.82) is 0 Å². The third-order valence-electron chi connectivity index (χ3n) is 3.30. The van der Waals surface area contributed by atoms with Gasteiger partial charge in [-0.3, -0.25) is 4.79 Å². The van der Waals surface area contributed by atoms with Crippen LogP contribution in [0.15, 0.2) is 11.1 Å². The highest BCUT2D eigenvalue weighted by atomic mass is 16.1. The van der Waals surface area contributed by atoms with Crippen LogP contribution in [0.2, 0.25) is 0 Å². The number of aromatic nitrogens is 5. The van der Waals surface area contributed by atoms with Crippen LogP contribution in [0.25, 0.3) is 0 Å². The van der Waals surface area contributed by atoms with Crippen molar-refractivity contribution in [2.24, 2.45) is 7.05 Å². The molecule has 2 heterocycles. The molecule has 0 radical (unpaired) electrons. The van der Waals surface area contributed by atoms with E-state index in [1.165, 1.54) is 0 Å². The van der Waals surface area contributed by atoms with Crippen LogP contribution in [-0.4, -0.2) is 31.3 Å². The van der Waals surface area contributed by atoms with E-state index in [2.05, 4.69) is 25.5 Å². The van der Waals surface area contributed by atoms with Gasteiger partial charge in [-0.15, -0.1) is 10.2 Å². The summed E-state index contributed by atoms with van der Waals surface area (Å²) < 4.78 is 1.89. The lowest BCUT2D eigenvalue weighted by Crippen LogP contribution is -2.29. The van der Waals surface area contributed by atoms with Crippen LogP contribution in [0.5, 0.6) is 0 Å². The zero-order chi connectivity index (χ0) is 14.7. The van der Waals surface area contributed by atoms with Crippen LogP contribution in [0.3, 0.4) is 0 Å². The van der Waals surface area contributed by atoms with Gasteiger partial charge in [0.05, 0.1) is 5.56 Å². The summed E-state index contributed by atoms with van der Waals surface area (Å²) in [7, 11) is 1.91. The van der Waals surface area contributed by atoms with Gasteiger partial charge in [0.15, 0.2) is 0 Å². The molecule has 20 heavy (non-hydrogen) atoms.